The second-order valence-electron chi connectivity index (χ2n) is 6.51. The molecule has 10 heteroatoms. The van der Waals surface area contributed by atoms with Gasteiger partial charge in [-0.1, -0.05) is 0 Å². The van der Waals surface area contributed by atoms with Gasteiger partial charge in [0.15, 0.2) is 0 Å². The molecule has 0 aliphatic heterocycles. The molecule has 1 unspecified atom stereocenters. The highest BCUT2D eigenvalue weighted by atomic mass is 19.4. The number of methoxy groups -OCH3 is 1. The van der Waals surface area contributed by atoms with Crippen LogP contribution in [0.1, 0.15) is 23.5 Å². The molecule has 1 heterocycles. The Kier molecular flexibility index (Phi) is 6.66. The quantitative estimate of drug-likeness (QED) is 0.510. The molecule has 0 saturated heterocycles. The average molecular weight is 418 g/mol. The Morgan fingerprint density at radius 3 is 2.28 bits per heavy atom. The van der Waals surface area contributed by atoms with Crippen LogP contribution < -0.4 is 15.2 Å². The molecule has 0 fully saturated rings. The van der Waals surface area contributed by atoms with Crippen molar-refractivity contribution in [3.05, 3.63) is 57.5 Å². The van der Waals surface area contributed by atoms with Crippen molar-refractivity contribution in [3.8, 4) is 5.75 Å². The predicted molar refractivity (Wildman–Crippen MR) is 96.3 cm³/mol. The summed E-state index contributed by atoms with van der Waals surface area (Å²) in [5.74, 6) is -3.02. The summed E-state index contributed by atoms with van der Waals surface area (Å²) < 4.78 is 73.6. The van der Waals surface area contributed by atoms with E-state index in [9.17, 15) is 31.5 Å². The first kappa shape index (κ1) is 22.4. The normalized spacial score (nSPS) is 12.6. The van der Waals surface area contributed by atoms with Gasteiger partial charge in [0.05, 0.1) is 12.7 Å². The maximum Gasteiger partial charge on any atom is 0.417 e. The molecule has 0 amide bonds. The third kappa shape index (κ3) is 4.93. The van der Waals surface area contributed by atoms with Crippen LogP contribution in [0.4, 0.5) is 27.6 Å². The molecule has 0 aliphatic rings. The van der Waals surface area contributed by atoms with Crippen LogP contribution in [0, 0.1) is 11.6 Å². The second kappa shape index (κ2) is 8.62. The summed E-state index contributed by atoms with van der Waals surface area (Å²) in [5.41, 5.74) is -2.49. The number of carbonyl (C=O) groups is 1. The zero-order valence-electron chi connectivity index (χ0n) is 15.9. The predicted octanol–water partition coefficient (Wildman–Crippen LogP) is 3.50. The Bertz CT molecular complexity index is 933. The summed E-state index contributed by atoms with van der Waals surface area (Å²) in [6.07, 6.45) is -3.88. The zero-order chi connectivity index (χ0) is 21.9. The number of likely N-dealkylation sites (N-methyl/N-ethyl adjacent to an activating group) is 1. The SMILES string of the molecule is COc1cc(F)c(C(CC=O)CN(C)c2cc(C(F)(F)F)cn(C)c2=O)c(F)c1. The van der Waals surface area contributed by atoms with Gasteiger partial charge in [-0.05, 0) is 6.07 Å². The van der Waals surface area contributed by atoms with E-state index in [4.69, 9.17) is 4.74 Å². The number of aromatic nitrogens is 1. The minimum absolute atomic E-state index is 0.0614. The van der Waals surface area contributed by atoms with Crippen LogP contribution in [0.5, 0.6) is 5.75 Å². The van der Waals surface area contributed by atoms with Crippen LogP contribution in [-0.2, 0) is 18.0 Å². The van der Waals surface area contributed by atoms with E-state index in [1.807, 2.05) is 0 Å². The van der Waals surface area contributed by atoms with E-state index in [1.54, 1.807) is 0 Å². The van der Waals surface area contributed by atoms with Crippen molar-refractivity contribution in [2.45, 2.75) is 18.5 Å². The first-order valence-corrected chi connectivity index (χ1v) is 8.45. The molecule has 0 aliphatic carbocycles. The summed E-state index contributed by atoms with van der Waals surface area (Å²) >= 11 is 0. The van der Waals surface area contributed by atoms with Gasteiger partial charge in [-0.2, -0.15) is 13.2 Å². The highest BCUT2D eigenvalue weighted by Crippen LogP contribution is 2.32. The molecule has 0 spiro atoms. The molecule has 0 bridgehead atoms. The van der Waals surface area contributed by atoms with E-state index in [0.29, 0.717) is 18.5 Å². The molecule has 1 atom stereocenters. The lowest BCUT2D eigenvalue weighted by molar-refractivity contribution is -0.138. The van der Waals surface area contributed by atoms with Gasteiger partial charge in [0.2, 0.25) is 0 Å². The average Bonchev–Trinajstić information content (AvgIpc) is 2.62. The van der Waals surface area contributed by atoms with Gasteiger partial charge < -0.3 is 19.0 Å². The Morgan fingerprint density at radius 1 is 1.21 bits per heavy atom. The van der Waals surface area contributed by atoms with Gasteiger partial charge in [-0.3, -0.25) is 4.79 Å². The number of rotatable bonds is 7. The number of halogens is 5. The van der Waals surface area contributed by atoms with Crippen LogP contribution in [0.15, 0.2) is 29.2 Å². The zero-order valence-corrected chi connectivity index (χ0v) is 15.9. The van der Waals surface area contributed by atoms with Crippen LogP contribution in [0.2, 0.25) is 0 Å². The standard InChI is InChI=1S/C19H19F5N2O3/c1-25(16-6-12(19(22,23)24)10-26(2)18(16)28)9-11(4-5-27)17-14(20)7-13(29-3)8-15(17)21/h5-8,10-11H,4,9H2,1-3H3. The van der Waals surface area contributed by atoms with Crippen molar-refractivity contribution in [2.75, 3.05) is 25.6 Å². The molecule has 5 nitrogen and oxygen atoms in total. The lowest BCUT2D eigenvalue weighted by atomic mass is 9.94. The fourth-order valence-electron chi connectivity index (χ4n) is 3.02. The van der Waals surface area contributed by atoms with Crippen LogP contribution in [0.3, 0.4) is 0 Å². The number of anilines is 1. The van der Waals surface area contributed by atoms with Gasteiger partial charge >= 0.3 is 6.18 Å². The maximum absolute atomic E-state index is 14.4. The molecule has 1 aromatic heterocycles. The highest BCUT2D eigenvalue weighted by molar-refractivity contribution is 5.54. The molecular weight excluding hydrogens is 399 g/mol. The number of aldehydes is 1. The number of hydrogen-bond acceptors (Lipinski definition) is 4. The number of pyridine rings is 1. The number of carbonyl (C=O) groups excluding carboxylic acids is 1. The van der Waals surface area contributed by atoms with E-state index in [-0.39, 0.29) is 24.4 Å². The van der Waals surface area contributed by atoms with Crippen molar-refractivity contribution >= 4 is 12.0 Å². The number of benzene rings is 1. The van der Waals surface area contributed by atoms with Crippen molar-refractivity contribution in [2.24, 2.45) is 7.05 Å². The molecule has 2 aromatic rings. The summed E-state index contributed by atoms with van der Waals surface area (Å²) in [7, 11) is 3.71. The van der Waals surface area contributed by atoms with Crippen LogP contribution in [0.25, 0.3) is 0 Å². The Hall–Kier alpha value is -2.91. The Balaban J connectivity index is 2.46. The van der Waals surface area contributed by atoms with Crippen molar-refractivity contribution in [1.29, 1.82) is 0 Å². The summed E-state index contributed by atoms with van der Waals surface area (Å²) in [6.45, 7) is -0.268. The van der Waals surface area contributed by atoms with Crippen LogP contribution in [-0.4, -0.2) is 31.6 Å². The molecule has 29 heavy (non-hydrogen) atoms. The summed E-state index contributed by atoms with van der Waals surface area (Å²) in [6, 6.07) is 2.56. The van der Waals surface area contributed by atoms with Gasteiger partial charge in [-0.25, -0.2) is 8.78 Å². The second-order valence-corrected chi connectivity index (χ2v) is 6.51. The lowest BCUT2D eigenvalue weighted by Crippen LogP contribution is -2.33. The van der Waals surface area contributed by atoms with Gasteiger partial charge in [0, 0.05) is 56.9 Å². The molecule has 158 valence electrons. The van der Waals surface area contributed by atoms with Gasteiger partial charge in [0.1, 0.15) is 29.4 Å². The minimum Gasteiger partial charge on any atom is -0.497 e. The number of alkyl halides is 3. The fraction of sp³-hybridized carbons (Fsp3) is 0.368. The van der Waals surface area contributed by atoms with E-state index < -0.39 is 40.4 Å². The Labute approximate surface area is 163 Å². The highest BCUT2D eigenvalue weighted by Gasteiger charge is 2.33. The van der Waals surface area contributed by atoms with Crippen molar-refractivity contribution < 1.29 is 31.5 Å². The largest absolute Gasteiger partial charge is 0.497 e. The van der Waals surface area contributed by atoms with E-state index in [0.717, 1.165) is 21.6 Å². The number of ether oxygens (including phenoxy) is 1. The smallest absolute Gasteiger partial charge is 0.417 e. The lowest BCUT2D eigenvalue weighted by Gasteiger charge is -2.26. The molecule has 2 rings (SSSR count). The number of nitrogens with zero attached hydrogens (tertiary/aromatic N) is 2. The molecule has 0 saturated carbocycles. The molecule has 0 radical (unpaired) electrons. The van der Waals surface area contributed by atoms with Gasteiger partial charge in [-0.15, -0.1) is 0 Å². The van der Waals surface area contributed by atoms with Crippen LogP contribution >= 0.6 is 0 Å². The fourth-order valence-corrected chi connectivity index (χ4v) is 3.02. The number of aryl methyl sites for hydroxylation is 1. The van der Waals surface area contributed by atoms with Crippen molar-refractivity contribution in [3.63, 3.8) is 0 Å². The van der Waals surface area contributed by atoms with E-state index in [2.05, 4.69) is 0 Å². The summed E-state index contributed by atoms with van der Waals surface area (Å²) in [4.78, 5) is 24.5. The maximum atomic E-state index is 14.4. The van der Waals surface area contributed by atoms with Crippen molar-refractivity contribution in [1.82, 2.24) is 4.57 Å². The molecule has 0 N–H and O–H groups in total. The Morgan fingerprint density at radius 2 is 1.79 bits per heavy atom. The first-order chi connectivity index (χ1) is 13.5. The number of hydrogen-bond donors (Lipinski definition) is 0. The third-order valence-corrected chi connectivity index (χ3v) is 4.47. The third-order valence-electron chi connectivity index (χ3n) is 4.47. The summed E-state index contributed by atoms with van der Waals surface area (Å²) in [5, 5.41) is 0. The molecular formula is C19H19F5N2O3. The molecule has 1 aromatic carbocycles. The van der Waals surface area contributed by atoms with E-state index in [1.165, 1.54) is 21.2 Å². The minimum atomic E-state index is -4.68. The van der Waals surface area contributed by atoms with E-state index >= 15 is 0 Å². The van der Waals surface area contributed by atoms with Gasteiger partial charge in [0.25, 0.3) is 5.56 Å². The first-order valence-electron chi connectivity index (χ1n) is 8.45. The topological polar surface area (TPSA) is 51.5 Å². The monoisotopic (exact) mass is 418 g/mol.